The fraction of sp³-hybridized carbons (Fsp3) is 0.375. The Bertz CT molecular complexity index is 1080. The highest BCUT2D eigenvalue weighted by molar-refractivity contribution is 9.10. The molecule has 1 aromatic carbocycles. The SMILES string of the molecule is [2H]C([2H])([2H])O[C@]1(C(F)F)CCc2c(S(=O)(=O)Nc3cc(F)c(Br)cc3F)c[nH]c2C1. The minimum atomic E-state index is -4.40. The van der Waals surface area contributed by atoms with Crippen LogP contribution in [0.2, 0.25) is 0 Å². The van der Waals surface area contributed by atoms with Gasteiger partial charge >= 0.3 is 0 Å². The van der Waals surface area contributed by atoms with E-state index in [4.69, 9.17) is 4.11 Å². The first-order valence-corrected chi connectivity index (χ1v) is 9.86. The first kappa shape index (κ1) is 16.4. The Morgan fingerprint density at radius 3 is 2.78 bits per heavy atom. The van der Waals surface area contributed by atoms with Crippen LogP contribution in [0.1, 0.15) is 21.8 Å². The molecule has 1 aliphatic carbocycles. The highest BCUT2D eigenvalue weighted by atomic mass is 79.9. The Labute approximate surface area is 165 Å². The molecule has 148 valence electrons. The van der Waals surface area contributed by atoms with Crippen molar-refractivity contribution in [2.45, 2.75) is 36.2 Å². The summed E-state index contributed by atoms with van der Waals surface area (Å²) in [5.74, 6) is -1.92. The lowest BCUT2D eigenvalue weighted by Gasteiger charge is -2.35. The lowest BCUT2D eigenvalue weighted by atomic mass is 9.84. The van der Waals surface area contributed by atoms with E-state index in [0.717, 1.165) is 12.3 Å². The number of aromatic nitrogens is 1. The predicted octanol–water partition coefficient (Wildman–Crippen LogP) is 4.00. The van der Waals surface area contributed by atoms with Crippen LogP contribution in [-0.4, -0.2) is 32.5 Å². The molecule has 5 nitrogen and oxygen atoms in total. The molecule has 0 fully saturated rings. The van der Waals surface area contributed by atoms with Crippen LogP contribution < -0.4 is 4.72 Å². The lowest BCUT2D eigenvalue weighted by molar-refractivity contribution is -0.128. The molecule has 0 bridgehead atoms. The largest absolute Gasteiger partial charge is 0.372 e. The summed E-state index contributed by atoms with van der Waals surface area (Å²) in [6, 6.07) is 1.41. The number of anilines is 1. The van der Waals surface area contributed by atoms with Crippen LogP contribution >= 0.6 is 15.9 Å². The number of benzene rings is 1. The molecule has 0 amide bonds. The number of halogens is 5. The number of methoxy groups -OCH3 is 1. The van der Waals surface area contributed by atoms with Gasteiger partial charge in [-0.15, -0.1) is 0 Å². The first-order chi connectivity index (χ1) is 13.7. The molecule has 2 aromatic rings. The highest BCUT2D eigenvalue weighted by Gasteiger charge is 2.45. The summed E-state index contributed by atoms with van der Waals surface area (Å²) < 4.78 is 108. The van der Waals surface area contributed by atoms with Gasteiger partial charge in [0.25, 0.3) is 16.4 Å². The summed E-state index contributed by atoms with van der Waals surface area (Å²) >= 11 is 2.78. The number of ether oxygens (including phenoxy) is 1. The second-order valence-corrected chi connectivity index (χ2v) is 8.61. The van der Waals surface area contributed by atoms with Gasteiger partial charge in [-0.25, -0.2) is 26.0 Å². The van der Waals surface area contributed by atoms with Crippen molar-refractivity contribution in [3.05, 3.63) is 45.7 Å². The maximum Gasteiger partial charge on any atom is 0.267 e. The molecule has 0 saturated heterocycles. The van der Waals surface area contributed by atoms with E-state index in [-0.39, 0.29) is 27.0 Å². The number of nitrogens with one attached hydrogen (secondary N) is 2. The van der Waals surface area contributed by atoms with Crippen LogP contribution in [0.3, 0.4) is 0 Å². The van der Waals surface area contributed by atoms with Gasteiger partial charge in [-0.1, -0.05) is 0 Å². The highest BCUT2D eigenvalue weighted by Crippen LogP contribution is 2.38. The zero-order chi connectivity index (χ0) is 22.5. The van der Waals surface area contributed by atoms with Gasteiger partial charge in [0.2, 0.25) is 0 Å². The van der Waals surface area contributed by atoms with E-state index in [9.17, 15) is 26.0 Å². The van der Waals surface area contributed by atoms with Crippen molar-refractivity contribution in [1.82, 2.24) is 4.98 Å². The molecule has 0 spiro atoms. The molecule has 1 heterocycles. The summed E-state index contributed by atoms with van der Waals surface area (Å²) in [7, 11) is -7.47. The monoisotopic (exact) mass is 473 g/mol. The molecule has 27 heavy (non-hydrogen) atoms. The second-order valence-electron chi connectivity index (χ2n) is 6.11. The quantitative estimate of drug-likeness (QED) is 0.509. The van der Waals surface area contributed by atoms with Crippen LogP contribution in [0.4, 0.5) is 23.2 Å². The maximum atomic E-state index is 14.0. The fourth-order valence-electron chi connectivity index (χ4n) is 2.99. The number of hydrogen-bond acceptors (Lipinski definition) is 3. The Kier molecular flexibility index (Phi) is 4.30. The van der Waals surface area contributed by atoms with Crippen molar-refractivity contribution in [2.75, 3.05) is 11.8 Å². The number of aromatic amines is 1. The van der Waals surface area contributed by atoms with E-state index >= 15 is 0 Å². The summed E-state index contributed by atoms with van der Waals surface area (Å²) in [5, 5.41) is 0. The molecule has 1 aliphatic rings. The van der Waals surface area contributed by atoms with Crippen molar-refractivity contribution < 1.29 is 34.8 Å². The van der Waals surface area contributed by atoms with Crippen molar-refractivity contribution in [3.8, 4) is 0 Å². The van der Waals surface area contributed by atoms with Gasteiger partial charge in [0.05, 0.1) is 14.3 Å². The van der Waals surface area contributed by atoms with E-state index < -0.39 is 59.3 Å². The molecule has 11 heteroatoms. The Morgan fingerprint density at radius 2 is 2.11 bits per heavy atom. The Balaban J connectivity index is 1.93. The smallest absolute Gasteiger partial charge is 0.267 e. The van der Waals surface area contributed by atoms with Crippen LogP contribution in [0, 0.1) is 11.6 Å². The van der Waals surface area contributed by atoms with Crippen LogP contribution in [0.15, 0.2) is 27.7 Å². The van der Waals surface area contributed by atoms with Gasteiger partial charge in [0.1, 0.15) is 22.1 Å². The average Bonchev–Trinajstić information content (AvgIpc) is 3.01. The van der Waals surface area contributed by atoms with Crippen LogP contribution in [-0.2, 0) is 27.6 Å². The van der Waals surface area contributed by atoms with E-state index in [1.165, 1.54) is 0 Å². The van der Waals surface area contributed by atoms with Gasteiger partial charge in [-0.3, -0.25) is 4.72 Å². The van der Waals surface area contributed by atoms with Gasteiger partial charge in [0, 0.05) is 31.4 Å². The van der Waals surface area contributed by atoms with E-state index in [1.54, 1.807) is 0 Å². The van der Waals surface area contributed by atoms with E-state index in [1.807, 2.05) is 4.72 Å². The third kappa shape index (κ3) is 3.59. The third-order valence-electron chi connectivity index (χ3n) is 4.46. The zero-order valence-electron chi connectivity index (χ0n) is 16.5. The van der Waals surface area contributed by atoms with E-state index in [2.05, 4.69) is 25.7 Å². The molecule has 1 atom stereocenters. The predicted molar refractivity (Wildman–Crippen MR) is 93.4 cm³/mol. The lowest BCUT2D eigenvalue weighted by Crippen LogP contribution is -2.44. The van der Waals surface area contributed by atoms with Crippen LogP contribution in [0.25, 0.3) is 0 Å². The van der Waals surface area contributed by atoms with Gasteiger partial charge in [0.15, 0.2) is 0 Å². The number of fused-ring (bicyclic) bond motifs is 1. The maximum absolute atomic E-state index is 14.0. The molecule has 0 aliphatic heterocycles. The number of H-pyrrole nitrogens is 1. The summed E-state index contributed by atoms with van der Waals surface area (Å²) in [5.41, 5.74) is -2.73. The molecule has 3 rings (SSSR count). The average molecular weight is 474 g/mol. The minimum absolute atomic E-state index is 0.0635. The number of sulfonamides is 1. The molecule has 1 aromatic heterocycles. The van der Waals surface area contributed by atoms with Crippen molar-refractivity contribution >= 4 is 31.6 Å². The van der Waals surface area contributed by atoms with Crippen molar-refractivity contribution in [2.24, 2.45) is 0 Å². The minimum Gasteiger partial charge on any atom is -0.372 e. The molecule has 0 unspecified atom stereocenters. The topological polar surface area (TPSA) is 71.2 Å². The molecule has 0 radical (unpaired) electrons. The number of alkyl halides is 2. The standard InChI is InChI=1S/C16H15BrF4N2O3S/c1-26-16(15(20)21)3-2-8-13(6-16)22-7-14(8)27(24,25)23-12-5-10(18)9(17)4-11(12)19/h4-5,7,15,22-23H,2-3,6H2,1H3/t16-/m1/s1/i1D3. The van der Waals surface area contributed by atoms with Crippen molar-refractivity contribution in [3.63, 3.8) is 0 Å². The van der Waals surface area contributed by atoms with Crippen molar-refractivity contribution in [1.29, 1.82) is 0 Å². The normalized spacial score (nSPS) is 22.1. The van der Waals surface area contributed by atoms with Crippen LogP contribution in [0.5, 0.6) is 0 Å². The third-order valence-corrected chi connectivity index (χ3v) is 6.50. The summed E-state index contributed by atoms with van der Waals surface area (Å²) in [6.07, 6.45) is -3.34. The Morgan fingerprint density at radius 1 is 1.37 bits per heavy atom. The summed E-state index contributed by atoms with van der Waals surface area (Å²) in [4.78, 5) is 2.22. The molecule has 0 saturated carbocycles. The van der Waals surface area contributed by atoms with E-state index in [0.29, 0.717) is 6.07 Å². The fourth-order valence-corrected chi connectivity index (χ4v) is 4.62. The van der Waals surface area contributed by atoms with Gasteiger partial charge in [-0.05, 0) is 40.4 Å². The zero-order valence-corrected chi connectivity index (χ0v) is 15.9. The first-order valence-electron chi connectivity index (χ1n) is 9.09. The Hall–Kier alpha value is -1.59. The molecular weight excluding hydrogens is 456 g/mol. The molecular formula is C16H15BrF4N2O3S. The molecule has 2 N–H and O–H groups in total. The summed E-state index contributed by atoms with van der Waals surface area (Å²) in [6.45, 7) is 0. The van der Waals surface area contributed by atoms with Gasteiger partial charge < -0.3 is 9.72 Å². The number of hydrogen-bond donors (Lipinski definition) is 2. The van der Waals surface area contributed by atoms with Gasteiger partial charge in [-0.2, -0.15) is 0 Å². The number of rotatable bonds is 5. The second kappa shape index (κ2) is 7.10.